The zero-order chi connectivity index (χ0) is 24.2. The Morgan fingerprint density at radius 2 is 2.00 bits per heavy atom. The number of likely N-dealkylation sites (tertiary alicyclic amines) is 1. The van der Waals surface area contributed by atoms with Gasteiger partial charge >= 0.3 is 6.03 Å². The number of aromatic nitrogens is 2. The lowest BCUT2D eigenvalue weighted by molar-refractivity contribution is 0.159. The van der Waals surface area contributed by atoms with Crippen LogP contribution in [0.25, 0.3) is 5.69 Å². The number of benzene rings is 2. The number of nitrogens with zero attached hydrogens (tertiary/aromatic N) is 2. The molecule has 180 valence electrons. The van der Waals surface area contributed by atoms with Gasteiger partial charge in [-0.3, -0.25) is 20.1 Å². The number of amides is 2. The zero-order valence-corrected chi connectivity index (χ0v) is 19.7. The van der Waals surface area contributed by atoms with Crippen molar-refractivity contribution in [2.24, 2.45) is 0 Å². The topological polar surface area (TPSA) is 91.4 Å². The average Bonchev–Trinajstić information content (AvgIpc) is 3.35. The van der Waals surface area contributed by atoms with Crippen molar-refractivity contribution in [3.05, 3.63) is 80.9 Å². The summed E-state index contributed by atoms with van der Waals surface area (Å²) in [5.74, 6) is -0.275. The van der Waals surface area contributed by atoms with E-state index in [1.165, 1.54) is 12.1 Å². The molecular weight excluding hydrogens is 461 g/mol. The molecule has 1 aromatic heterocycles. The van der Waals surface area contributed by atoms with E-state index in [9.17, 15) is 14.0 Å². The van der Waals surface area contributed by atoms with E-state index in [4.69, 9.17) is 16.3 Å². The normalized spacial score (nSPS) is 18.2. The number of carbonyl (C=O) groups excluding carboxylic acids is 1. The highest BCUT2D eigenvalue weighted by atomic mass is 35.5. The van der Waals surface area contributed by atoms with Crippen LogP contribution in [0.4, 0.5) is 15.0 Å². The molecule has 2 heterocycles. The number of halogens is 2. The van der Waals surface area contributed by atoms with Gasteiger partial charge in [-0.25, -0.2) is 13.9 Å². The number of hydrogen-bond acceptors (Lipinski definition) is 4. The van der Waals surface area contributed by atoms with Crippen LogP contribution in [0.5, 0.6) is 0 Å². The van der Waals surface area contributed by atoms with E-state index in [-0.39, 0.29) is 22.5 Å². The number of methoxy groups -OCH3 is 1. The summed E-state index contributed by atoms with van der Waals surface area (Å²) in [7, 11) is 1.64. The molecule has 4 rings (SSSR count). The second-order valence-corrected chi connectivity index (χ2v) is 8.73. The fourth-order valence-electron chi connectivity index (χ4n) is 4.26. The molecule has 8 nitrogen and oxygen atoms in total. The number of ether oxygens (including phenoxy) is 1. The van der Waals surface area contributed by atoms with Crippen molar-refractivity contribution in [1.29, 1.82) is 0 Å². The number of rotatable bonds is 7. The fraction of sp³-hybridized carbons (Fsp3) is 0.333. The molecule has 1 aliphatic heterocycles. The summed E-state index contributed by atoms with van der Waals surface area (Å²) in [6.07, 6.45) is 0. The van der Waals surface area contributed by atoms with Crippen molar-refractivity contribution in [1.82, 2.24) is 20.0 Å². The van der Waals surface area contributed by atoms with Gasteiger partial charge in [-0.15, -0.1) is 0 Å². The summed E-state index contributed by atoms with van der Waals surface area (Å²) in [6, 6.07) is 13.2. The van der Waals surface area contributed by atoms with Crippen molar-refractivity contribution in [3.8, 4) is 5.69 Å². The number of anilines is 1. The molecule has 1 fully saturated rings. The zero-order valence-electron chi connectivity index (χ0n) is 19.0. The third-order valence-corrected chi connectivity index (χ3v) is 6.38. The van der Waals surface area contributed by atoms with E-state index in [0.29, 0.717) is 43.3 Å². The first kappa shape index (κ1) is 24.0. The van der Waals surface area contributed by atoms with Gasteiger partial charge in [-0.1, -0.05) is 35.9 Å². The predicted molar refractivity (Wildman–Crippen MR) is 130 cm³/mol. The number of H-pyrrole nitrogens is 1. The molecule has 0 aliphatic carbocycles. The predicted octanol–water partition coefficient (Wildman–Crippen LogP) is 3.50. The Kier molecular flexibility index (Phi) is 7.35. The van der Waals surface area contributed by atoms with Gasteiger partial charge in [-0.05, 0) is 36.8 Å². The van der Waals surface area contributed by atoms with Crippen molar-refractivity contribution in [3.63, 3.8) is 0 Å². The Balaban J connectivity index is 1.55. The van der Waals surface area contributed by atoms with Crippen molar-refractivity contribution in [2.45, 2.75) is 18.9 Å². The van der Waals surface area contributed by atoms with Crippen LogP contribution in [0.3, 0.4) is 0 Å². The Morgan fingerprint density at radius 3 is 2.71 bits per heavy atom. The maximum Gasteiger partial charge on any atom is 0.320 e. The summed E-state index contributed by atoms with van der Waals surface area (Å²) in [6.45, 7) is 4.09. The molecule has 34 heavy (non-hydrogen) atoms. The Labute approximate surface area is 201 Å². The highest BCUT2D eigenvalue weighted by Gasteiger charge is 2.35. The maximum atomic E-state index is 14.2. The molecule has 2 unspecified atom stereocenters. The van der Waals surface area contributed by atoms with Crippen LogP contribution >= 0.6 is 11.6 Å². The summed E-state index contributed by atoms with van der Waals surface area (Å²) < 4.78 is 20.9. The smallest absolute Gasteiger partial charge is 0.320 e. The monoisotopic (exact) mass is 487 g/mol. The summed E-state index contributed by atoms with van der Waals surface area (Å²) >= 11 is 5.87. The van der Waals surface area contributed by atoms with E-state index in [2.05, 4.69) is 20.6 Å². The van der Waals surface area contributed by atoms with Gasteiger partial charge in [0.15, 0.2) is 0 Å². The van der Waals surface area contributed by atoms with Gasteiger partial charge in [0.2, 0.25) is 0 Å². The van der Waals surface area contributed by atoms with Crippen LogP contribution in [-0.2, 0) is 4.74 Å². The van der Waals surface area contributed by atoms with E-state index in [1.54, 1.807) is 24.8 Å². The SMILES string of the molecule is COCCN1CC(NC(=O)Nc2c(C)c(=O)[nH]n2-c2ccccc2)C(c2ccc(Cl)c(F)c2)C1. The van der Waals surface area contributed by atoms with Gasteiger partial charge in [0.1, 0.15) is 11.6 Å². The highest BCUT2D eigenvalue weighted by Crippen LogP contribution is 2.30. The molecule has 2 atom stereocenters. The van der Waals surface area contributed by atoms with Crippen molar-refractivity contribution >= 4 is 23.4 Å². The second-order valence-electron chi connectivity index (χ2n) is 8.32. The van der Waals surface area contributed by atoms with E-state index >= 15 is 0 Å². The Morgan fingerprint density at radius 1 is 1.24 bits per heavy atom. The lowest BCUT2D eigenvalue weighted by atomic mass is 9.94. The molecule has 0 saturated carbocycles. The third kappa shape index (κ3) is 5.16. The second kappa shape index (κ2) is 10.4. The van der Waals surface area contributed by atoms with Crippen molar-refractivity contribution < 1.29 is 13.9 Å². The Bertz CT molecular complexity index is 1210. The first-order chi connectivity index (χ1) is 16.4. The molecule has 10 heteroatoms. The van der Waals surface area contributed by atoms with Crippen LogP contribution in [0.2, 0.25) is 5.02 Å². The summed E-state index contributed by atoms with van der Waals surface area (Å²) in [5.41, 5.74) is 1.57. The van der Waals surface area contributed by atoms with Gasteiger partial charge in [0.05, 0.1) is 28.9 Å². The first-order valence-corrected chi connectivity index (χ1v) is 11.4. The van der Waals surface area contributed by atoms with Crippen LogP contribution in [-0.4, -0.2) is 60.1 Å². The minimum absolute atomic E-state index is 0.0575. The Hall–Kier alpha value is -3.14. The summed E-state index contributed by atoms with van der Waals surface area (Å²) in [5, 5.41) is 8.64. The molecule has 0 spiro atoms. The van der Waals surface area contributed by atoms with Crippen LogP contribution in [0, 0.1) is 12.7 Å². The lowest BCUT2D eigenvalue weighted by Crippen LogP contribution is -2.42. The largest absolute Gasteiger partial charge is 0.383 e. The van der Waals surface area contributed by atoms with Gasteiger partial charge in [0.25, 0.3) is 5.56 Å². The highest BCUT2D eigenvalue weighted by molar-refractivity contribution is 6.30. The number of hydrogen-bond donors (Lipinski definition) is 3. The van der Waals surface area contributed by atoms with Gasteiger partial charge in [0, 0.05) is 32.7 Å². The van der Waals surface area contributed by atoms with E-state index in [0.717, 1.165) is 5.56 Å². The maximum absolute atomic E-state index is 14.2. The standard InChI is InChI=1S/C24H27ClFN5O3/c1-15-22(31(29-23(15)32)17-6-4-3-5-7-17)28-24(33)27-21-14-30(10-11-34-2)13-18(21)16-8-9-19(25)20(26)12-16/h3-9,12,18,21H,10-11,13-14H2,1-2H3,(H,29,32)(H2,27,28,33). The molecule has 1 saturated heterocycles. The van der Waals surface area contributed by atoms with Gasteiger partial charge in [-0.2, -0.15) is 0 Å². The first-order valence-electron chi connectivity index (χ1n) is 11.0. The number of aromatic amines is 1. The average molecular weight is 488 g/mol. The molecule has 0 radical (unpaired) electrons. The van der Waals surface area contributed by atoms with Crippen LogP contribution in [0.15, 0.2) is 53.3 Å². The molecule has 2 amide bonds. The van der Waals surface area contributed by atoms with Crippen LogP contribution < -0.4 is 16.2 Å². The number of para-hydroxylation sites is 1. The summed E-state index contributed by atoms with van der Waals surface area (Å²) in [4.78, 5) is 27.5. The molecule has 3 N–H and O–H groups in total. The minimum atomic E-state index is -0.493. The third-order valence-electron chi connectivity index (χ3n) is 6.07. The number of urea groups is 1. The minimum Gasteiger partial charge on any atom is -0.383 e. The molecule has 3 aromatic rings. The number of nitrogens with one attached hydrogen (secondary N) is 3. The molecule has 0 bridgehead atoms. The van der Waals surface area contributed by atoms with Gasteiger partial charge < -0.3 is 10.1 Å². The fourth-order valence-corrected chi connectivity index (χ4v) is 4.38. The lowest BCUT2D eigenvalue weighted by Gasteiger charge is -2.21. The molecule has 2 aromatic carbocycles. The number of carbonyl (C=O) groups is 1. The van der Waals surface area contributed by atoms with E-state index < -0.39 is 11.8 Å². The van der Waals surface area contributed by atoms with Crippen LogP contribution in [0.1, 0.15) is 17.0 Å². The molecule has 1 aliphatic rings. The van der Waals surface area contributed by atoms with Crippen molar-refractivity contribution in [2.75, 3.05) is 38.7 Å². The van der Waals surface area contributed by atoms with E-state index in [1.807, 2.05) is 30.3 Å². The molecular formula is C24H27ClFN5O3. The quantitative estimate of drug-likeness (QED) is 0.475.